The summed E-state index contributed by atoms with van der Waals surface area (Å²) < 4.78 is 20.5. The van der Waals surface area contributed by atoms with Crippen LogP contribution in [0.2, 0.25) is 0 Å². The van der Waals surface area contributed by atoms with Crippen molar-refractivity contribution in [2.24, 2.45) is 0 Å². The third-order valence-corrected chi connectivity index (χ3v) is 3.47. The van der Waals surface area contributed by atoms with E-state index < -0.39 is 11.8 Å². The molecule has 0 bridgehead atoms. The molecule has 2 amide bonds. The second kappa shape index (κ2) is 6.57. The van der Waals surface area contributed by atoms with E-state index in [0.717, 1.165) is 19.4 Å². The second-order valence-corrected chi connectivity index (χ2v) is 5.08. The first-order valence-electron chi connectivity index (χ1n) is 7.18. The molecule has 3 rings (SSSR count). The largest absolute Gasteiger partial charge is 0.376 e. The van der Waals surface area contributed by atoms with E-state index in [0.29, 0.717) is 17.9 Å². The van der Waals surface area contributed by atoms with E-state index in [2.05, 4.69) is 15.7 Å². The maximum Gasteiger partial charge on any atom is 0.319 e. The molecule has 2 heterocycles. The van der Waals surface area contributed by atoms with Crippen molar-refractivity contribution in [1.82, 2.24) is 15.1 Å². The molecule has 1 unspecified atom stereocenters. The van der Waals surface area contributed by atoms with E-state index in [1.807, 2.05) is 0 Å². The van der Waals surface area contributed by atoms with E-state index in [-0.39, 0.29) is 6.10 Å². The van der Waals surface area contributed by atoms with Crippen molar-refractivity contribution >= 4 is 11.7 Å². The summed E-state index contributed by atoms with van der Waals surface area (Å²) in [4.78, 5) is 12.0. The van der Waals surface area contributed by atoms with Crippen LogP contribution < -0.4 is 10.6 Å². The maximum atomic E-state index is 13.4. The third-order valence-electron chi connectivity index (χ3n) is 3.47. The lowest BCUT2D eigenvalue weighted by molar-refractivity contribution is 0.112. The molecule has 1 atom stereocenters. The molecule has 0 radical (unpaired) electrons. The number of carbonyl (C=O) groups excluding carboxylic acids is 1. The third kappa shape index (κ3) is 3.43. The van der Waals surface area contributed by atoms with Gasteiger partial charge in [-0.05, 0) is 37.1 Å². The van der Waals surface area contributed by atoms with Gasteiger partial charge in [-0.3, -0.25) is 0 Å². The molecule has 1 aliphatic rings. The molecule has 22 heavy (non-hydrogen) atoms. The van der Waals surface area contributed by atoms with Crippen LogP contribution in [-0.2, 0) is 4.74 Å². The molecular formula is C15H17FN4O2. The SMILES string of the molecule is O=C(NCC1CCCO1)Nc1cc(F)ccc1-n1cccn1. The molecular weight excluding hydrogens is 287 g/mol. The van der Waals surface area contributed by atoms with Gasteiger partial charge in [-0.1, -0.05) is 0 Å². The van der Waals surface area contributed by atoms with Crippen molar-refractivity contribution in [3.8, 4) is 5.69 Å². The average Bonchev–Trinajstić information content (AvgIpc) is 3.19. The Labute approximate surface area is 127 Å². The van der Waals surface area contributed by atoms with Gasteiger partial charge in [-0.25, -0.2) is 13.9 Å². The monoisotopic (exact) mass is 304 g/mol. The molecule has 1 saturated heterocycles. The Morgan fingerprint density at radius 1 is 1.50 bits per heavy atom. The molecule has 1 aliphatic heterocycles. The Kier molecular flexibility index (Phi) is 4.34. The van der Waals surface area contributed by atoms with Crippen LogP contribution in [0, 0.1) is 5.82 Å². The zero-order valence-electron chi connectivity index (χ0n) is 12.0. The highest BCUT2D eigenvalue weighted by molar-refractivity contribution is 5.91. The molecule has 0 saturated carbocycles. The second-order valence-electron chi connectivity index (χ2n) is 5.08. The van der Waals surface area contributed by atoms with Crippen LogP contribution in [0.4, 0.5) is 14.9 Å². The minimum absolute atomic E-state index is 0.0591. The van der Waals surface area contributed by atoms with Gasteiger partial charge in [0.25, 0.3) is 0 Å². The number of rotatable bonds is 4. The van der Waals surface area contributed by atoms with Gasteiger partial charge in [-0.15, -0.1) is 0 Å². The van der Waals surface area contributed by atoms with Crippen LogP contribution in [0.25, 0.3) is 5.69 Å². The fourth-order valence-electron chi connectivity index (χ4n) is 2.40. The van der Waals surface area contributed by atoms with Crippen LogP contribution in [0.1, 0.15) is 12.8 Å². The zero-order valence-corrected chi connectivity index (χ0v) is 12.0. The smallest absolute Gasteiger partial charge is 0.319 e. The topological polar surface area (TPSA) is 68.2 Å². The van der Waals surface area contributed by atoms with Gasteiger partial charge in [0.1, 0.15) is 5.82 Å². The van der Waals surface area contributed by atoms with Crippen LogP contribution in [0.5, 0.6) is 0 Å². The number of urea groups is 1. The fraction of sp³-hybridized carbons (Fsp3) is 0.333. The predicted octanol–water partition coefficient (Wildman–Crippen LogP) is 2.31. The first kappa shape index (κ1) is 14.5. The molecule has 116 valence electrons. The molecule has 2 N–H and O–H groups in total. The summed E-state index contributed by atoms with van der Waals surface area (Å²) >= 11 is 0. The van der Waals surface area contributed by atoms with Gasteiger partial charge in [0.2, 0.25) is 0 Å². The number of hydrogen-bond acceptors (Lipinski definition) is 3. The lowest BCUT2D eigenvalue weighted by atomic mass is 10.2. The molecule has 0 spiro atoms. The lowest BCUT2D eigenvalue weighted by Gasteiger charge is -2.14. The standard InChI is InChI=1S/C15H17FN4O2/c16-11-4-5-14(20-7-2-6-18-20)13(9-11)19-15(21)17-10-12-3-1-8-22-12/h2,4-7,9,12H,1,3,8,10H2,(H2,17,19,21). The number of hydrogen-bond donors (Lipinski definition) is 2. The molecule has 1 aromatic heterocycles. The number of carbonyl (C=O) groups is 1. The fourth-order valence-corrected chi connectivity index (χ4v) is 2.40. The number of nitrogens with zero attached hydrogens (tertiary/aromatic N) is 2. The summed E-state index contributed by atoms with van der Waals surface area (Å²) in [5.41, 5.74) is 0.951. The van der Waals surface area contributed by atoms with Gasteiger partial charge in [0.15, 0.2) is 0 Å². The number of benzene rings is 1. The lowest BCUT2D eigenvalue weighted by Crippen LogP contribution is -2.35. The van der Waals surface area contributed by atoms with Crippen molar-refractivity contribution in [2.45, 2.75) is 18.9 Å². The van der Waals surface area contributed by atoms with Crippen LogP contribution in [-0.4, -0.2) is 35.1 Å². The molecule has 7 heteroatoms. The molecule has 0 aliphatic carbocycles. The number of aromatic nitrogens is 2. The number of anilines is 1. The zero-order chi connectivity index (χ0) is 15.4. The Morgan fingerprint density at radius 2 is 2.41 bits per heavy atom. The Morgan fingerprint density at radius 3 is 3.14 bits per heavy atom. The molecule has 1 fully saturated rings. The summed E-state index contributed by atoms with van der Waals surface area (Å²) in [5, 5.41) is 9.49. The highest BCUT2D eigenvalue weighted by Crippen LogP contribution is 2.21. The predicted molar refractivity (Wildman–Crippen MR) is 79.5 cm³/mol. The number of halogens is 1. The number of amides is 2. The average molecular weight is 304 g/mol. The van der Waals surface area contributed by atoms with Crippen LogP contribution >= 0.6 is 0 Å². The summed E-state index contributed by atoms with van der Waals surface area (Å²) in [5.74, 6) is -0.426. The van der Waals surface area contributed by atoms with E-state index in [9.17, 15) is 9.18 Å². The first-order chi connectivity index (χ1) is 10.7. The van der Waals surface area contributed by atoms with Gasteiger partial charge in [0, 0.05) is 25.5 Å². The van der Waals surface area contributed by atoms with Crippen molar-refractivity contribution in [2.75, 3.05) is 18.5 Å². The summed E-state index contributed by atoms with van der Waals surface area (Å²) in [6.45, 7) is 1.18. The van der Waals surface area contributed by atoms with Gasteiger partial charge in [-0.2, -0.15) is 5.10 Å². The van der Waals surface area contributed by atoms with Crippen LogP contribution in [0.15, 0.2) is 36.7 Å². The van der Waals surface area contributed by atoms with Gasteiger partial charge < -0.3 is 15.4 Å². The van der Waals surface area contributed by atoms with Crippen molar-refractivity contribution < 1.29 is 13.9 Å². The van der Waals surface area contributed by atoms with E-state index in [4.69, 9.17) is 4.74 Å². The van der Waals surface area contributed by atoms with Crippen molar-refractivity contribution in [3.63, 3.8) is 0 Å². The van der Waals surface area contributed by atoms with Crippen molar-refractivity contribution in [3.05, 3.63) is 42.5 Å². The Bertz CT molecular complexity index is 639. The highest BCUT2D eigenvalue weighted by atomic mass is 19.1. The minimum Gasteiger partial charge on any atom is -0.376 e. The Balaban J connectivity index is 1.68. The van der Waals surface area contributed by atoms with E-state index >= 15 is 0 Å². The molecule has 1 aromatic carbocycles. The van der Waals surface area contributed by atoms with E-state index in [1.54, 1.807) is 29.2 Å². The van der Waals surface area contributed by atoms with Crippen molar-refractivity contribution in [1.29, 1.82) is 0 Å². The van der Waals surface area contributed by atoms with Crippen LogP contribution in [0.3, 0.4) is 0 Å². The molecule has 2 aromatic rings. The van der Waals surface area contributed by atoms with E-state index in [1.165, 1.54) is 12.1 Å². The maximum absolute atomic E-state index is 13.4. The molecule has 6 nitrogen and oxygen atoms in total. The highest BCUT2D eigenvalue weighted by Gasteiger charge is 2.17. The number of nitrogens with one attached hydrogen (secondary N) is 2. The number of ether oxygens (including phenoxy) is 1. The first-order valence-corrected chi connectivity index (χ1v) is 7.18. The Hall–Kier alpha value is -2.41. The summed E-state index contributed by atoms with van der Waals surface area (Å²) in [6, 6.07) is 5.52. The summed E-state index contributed by atoms with van der Waals surface area (Å²) in [7, 11) is 0. The summed E-state index contributed by atoms with van der Waals surface area (Å²) in [6.07, 6.45) is 5.36. The normalized spacial score (nSPS) is 17.4. The van der Waals surface area contributed by atoms with Gasteiger partial charge >= 0.3 is 6.03 Å². The minimum atomic E-state index is -0.426. The quantitative estimate of drug-likeness (QED) is 0.911. The van der Waals surface area contributed by atoms with Gasteiger partial charge in [0.05, 0.1) is 17.5 Å².